The maximum atomic E-state index is 12.3. The number of nitriles is 1. The van der Waals surface area contributed by atoms with Gasteiger partial charge < -0.3 is 9.88 Å². The highest BCUT2D eigenvalue weighted by molar-refractivity contribution is 8.00. The number of benzene rings is 1. The van der Waals surface area contributed by atoms with E-state index in [0.717, 1.165) is 28.7 Å². The summed E-state index contributed by atoms with van der Waals surface area (Å²) in [7, 11) is 0. The highest BCUT2D eigenvalue weighted by Gasteiger charge is 2.11. The monoisotopic (exact) mass is 415 g/mol. The molecule has 0 unspecified atom stereocenters. The molecular weight excluding hydrogens is 398 g/mol. The summed E-state index contributed by atoms with van der Waals surface area (Å²) in [6.45, 7) is 0.783. The van der Waals surface area contributed by atoms with Crippen LogP contribution in [0.4, 0.5) is 5.69 Å². The number of rotatable bonds is 9. The number of para-hydroxylation sites is 1. The second-order valence-electron chi connectivity index (χ2n) is 5.42. The van der Waals surface area contributed by atoms with E-state index in [-0.39, 0.29) is 11.7 Å². The van der Waals surface area contributed by atoms with Crippen molar-refractivity contribution in [3.05, 3.63) is 53.0 Å². The molecule has 2 aromatic heterocycles. The average molecular weight is 416 g/mol. The summed E-state index contributed by atoms with van der Waals surface area (Å²) < 4.78 is 1.97. The van der Waals surface area contributed by atoms with Gasteiger partial charge in [-0.25, -0.2) is 0 Å². The number of aromatic nitrogens is 3. The van der Waals surface area contributed by atoms with Gasteiger partial charge in [-0.15, -0.1) is 33.3 Å². The number of nitrogens with one attached hydrogen (secondary N) is 1. The second-order valence-corrected chi connectivity index (χ2v) is 8.41. The van der Waals surface area contributed by atoms with Crippen molar-refractivity contribution in [2.45, 2.75) is 23.0 Å². The molecule has 0 fully saturated rings. The minimum atomic E-state index is -0.113. The lowest BCUT2D eigenvalue weighted by Crippen LogP contribution is -2.15. The van der Waals surface area contributed by atoms with Crippen molar-refractivity contribution in [2.75, 3.05) is 16.8 Å². The number of nitrogens with zero attached hydrogens (tertiary/aromatic N) is 4. The van der Waals surface area contributed by atoms with Crippen LogP contribution in [0.1, 0.15) is 4.88 Å². The summed E-state index contributed by atoms with van der Waals surface area (Å²) >= 11 is 4.50. The number of amides is 1. The zero-order valence-corrected chi connectivity index (χ0v) is 16.8. The Labute approximate surface area is 170 Å². The maximum Gasteiger partial charge on any atom is 0.234 e. The number of anilines is 1. The van der Waals surface area contributed by atoms with Gasteiger partial charge in [0.05, 0.1) is 23.3 Å². The number of carbonyl (C=O) groups excluding carboxylic acids is 1. The Hall–Kier alpha value is -2.28. The average Bonchev–Trinajstić information content (AvgIpc) is 3.35. The lowest BCUT2D eigenvalue weighted by atomic mass is 10.3. The molecule has 0 saturated carbocycles. The van der Waals surface area contributed by atoms with E-state index in [4.69, 9.17) is 5.26 Å². The van der Waals surface area contributed by atoms with Gasteiger partial charge in [-0.1, -0.05) is 30.0 Å². The Morgan fingerprint density at radius 3 is 2.96 bits per heavy atom. The largest absolute Gasteiger partial charge is 0.324 e. The van der Waals surface area contributed by atoms with Crippen LogP contribution in [0.25, 0.3) is 0 Å². The van der Waals surface area contributed by atoms with Crippen LogP contribution in [0.15, 0.2) is 58.2 Å². The molecule has 0 aliphatic carbocycles. The predicted octanol–water partition coefficient (Wildman–Crippen LogP) is 3.93. The van der Waals surface area contributed by atoms with Crippen molar-refractivity contribution in [1.29, 1.82) is 5.26 Å². The Morgan fingerprint density at radius 1 is 1.26 bits per heavy atom. The molecule has 0 spiro atoms. The Morgan fingerprint density at radius 2 is 2.15 bits per heavy atom. The summed E-state index contributed by atoms with van der Waals surface area (Å²) in [5.74, 6) is 0.474. The molecule has 3 aromatic rings. The normalized spacial score (nSPS) is 10.5. The third-order valence-corrected chi connectivity index (χ3v) is 6.40. The fourth-order valence-electron chi connectivity index (χ4n) is 2.32. The van der Waals surface area contributed by atoms with Crippen LogP contribution in [0, 0.1) is 11.3 Å². The van der Waals surface area contributed by atoms with Gasteiger partial charge in [0.2, 0.25) is 5.91 Å². The van der Waals surface area contributed by atoms with E-state index in [1.165, 1.54) is 28.4 Å². The first-order valence-corrected chi connectivity index (χ1v) is 11.0. The summed E-state index contributed by atoms with van der Waals surface area (Å²) in [5.41, 5.74) is 0.725. The smallest absolute Gasteiger partial charge is 0.234 e. The molecule has 1 N–H and O–H groups in total. The molecule has 6 nitrogen and oxygen atoms in total. The van der Waals surface area contributed by atoms with Crippen LogP contribution in [0.3, 0.4) is 0 Å². The second kappa shape index (κ2) is 10.2. The first kappa shape index (κ1) is 19.5. The number of aryl methyl sites for hydroxylation is 2. The van der Waals surface area contributed by atoms with Gasteiger partial charge >= 0.3 is 0 Å². The summed E-state index contributed by atoms with van der Waals surface area (Å²) in [6.07, 6.45) is 2.61. The Kier molecular flexibility index (Phi) is 7.33. The molecular formula is C18H17N5OS3. The molecule has 9 heteroatoms. The van der Waals surface area contributed by atoms with Crippen LogP contribution in [-0.2, 0) is 17.8 Å². The topological polar surface area (TPSA) is 83.6 Å². The molecule has 2 heterocycles. The minimum absolute atomic E-state index is 0.113. The van der Waals surface area contributed by atoms with Crippen LogP contribution in [0.2, 0.25) is 0 Å². The van der Waals surface area contributed by atoms with E-state index in [9.17, 15) is 4.79 Å². The van der Waals surface area contributed by atoms with Crippen molar-refractivity contribution in [1.82, 2.24) is 14.8 Å². The molecule has 0 radical (unpaired) electrons. The van der Waals surface area contributed by atoms with Crippen molar-refractivity contribution < 1.29 is 4.79 Å². The number of thioether (sulfide) groups is 2. The molecule has 3 rings (SSSR count). The Bertz CT molecular complexity index is 917. The van der Waals surface area contributed by atoms with Gasteiger partial charge in [-0.05, 0) is 30.0 Å². The van der Waals surface area contributed by atoms with Crippen molar-refractivity contribution in [3.63, 3.8) is 0 Å². The molecule has 138 valence electrons. The van der Waals surface area contributed by atoms with Crippen LogP contribution >= 0.6 is 34.9 Å². The van der Waals surface area contributed by atoms with Gasteiger partial charge in [0, 0.05) is 16.3 Å². The third-order valence-electron chi connectivity index (χ3n) is 3.54. The zero-order chi connectivity index (χ0) is 18.9. The number of hydrogen-bond acceptors (Lipinski definition) is 7. The maximum absolute atomic E-state index is 12.3. The van der Waals surface area contributed by atoms with E-state index in [2.05, 4.69) is 33.0 Å². The quantitative estimate of drug-likeness (QED) is 0.533. The lowest BCUT2D eigenvalue weighted by Gasteiger charge is -2.09. The first-order chi connectivity index (χ1) is 13.3. The number of hydrogen-bond donors (Lipinski definition) is 1. The van der Waals surface area contributed by atoms with Gasteiger partial charge in [0.25, 0.3) is 0 Å². The summed E-state index contributed by atoms with van der Waals surface area (Å²) in [4.78, 5) is 14.5. The molecule has 0 saturated heterocycles. The van der Waals surface area contributed by atoms with E-state index in [1.54, 1.807) is 17.7 Å². The third kappa shape index (κ3) is 5.85. The van der Waals surface area contributed by atoms with Crippen molar-refractivity contribution in [3.8, 4) is 6.07 Å². The highest BCUT2D eigenvalue weighted by atomic mass is 32.2. The van der Waals surface area contributed by atoms with Gasteiger partial charge in [-0.2, -0.15) is 5.26 Å². The first-order valence-electron chi connectivity index (χ1n) is 8.18. The Balaban J connectivity index is 1.53. The SMILES string of the molecule is N#CCSc1ccccc1NC(=O)CSc1nncn1CCc1cccs1. The van der Waals surface area contributed by atoms with Gasteiger partial charge in [0.1, 0.15) is 6.33 Å². The number of carbonyl (C=O) groups is 1. The van der Waals surface area contributed by atoms with E-state index < -0.39 is 0 Å². The number of thiophene rings is 1. The molecule has 1 aromatic carbocycles. The predicted molar refractivity (Wildman–Crippen MR) is 110 cm³/mol. The van der Waals surface area contributed by atoms with Crippen molar-refractivity contribution >= 4 is 46.5 Å². The van der Waals surface area contributed by atoms with Crippen LogP contribution in [-0.4, -0.2) is 32.2 Å². The standard InChI is InChI=1S/C18H17N5OS3/c19-8-11-26-16-6-2-1-5-15(16)21-17(24)12-27-18-22-20-13-23(18)9-7-14-4-3-10-25-14/h1-6,10,13H,7,9,11-12H2,(H,21,24). The van der Waals surface area contributed by atoms with E-state index in [1.807, 2.05) is 34.9 Å². The fourth-order valence-corrected chi connectivity index (χ4v) is 4.43. The van der Waals surface area contributed by atoms with Gasteiger partial charge in [-0.3, -0.25) is 4.79 Å². The van der Waals surface area contributed by atoms with Crippen molar-refractivity contribution in [2.24, 2.45) is 0 Å². The summed E-state index contributed by atoms with van der Waals surface area (Å²) in [6, 6.07) is 13.7. The molecule has 27 heavy (non-hydrogen) atoms. The molecule has 1 amide bonds. The van der Waals surface area contributed by atoms with Gasteiger partial charge in [0.15, 0.2) is 5.16 Å². The molecule has 0 aliphatic rings. The fraction of sp³-hybridized carbons (Fsp3) is 0.222. The summed E-state index contributed by atoms with van der Waals surface area (Å²) in [5, 5.41) is 22.5. The van der Waals surface area contributed by atoms with E-state index in [0.29, 0.717) is 5.75 Å². The van der Waals surface area contributed by atoms with Crippen LogP contribution in [0.5, 0.6) is 0 Å². The van der Waals surface area contributed by atoms with Crippen LogP contribution < -0.4 is 5.32 Å². The lowest BCUT2D eigenvalue weighted by molar-refractivity contribution is -0.113. The molecule has 0 atom stereocenters. The molecule has 0 aliphatic heterocycles. The highest BCUT2D eigenvalue weighted by Crippen LogP contribution is 2.27. The molecule has 0 bridgehead atoms. The minimum Gasteiger partial charge on any atom is -0.324 e. The zero-order valence-electron chi connectivity index (χ0n) is 14.4. The van der Waals surface area contributed by atoms with E-state index >= 15 is 0 Å².